The molecule has 25 heavy (non-hydrogen) atoms. The summed E-state index contributed by atoms with van der Waals surface area (Å²) in [6.07, 6.45) is 0.895. The molecule has 2 N–H and O–H groups in total. The second-order valence-electron chi connectivity index (χ2n) is 6.28. The third kappa shape index (κ3) is 9.94. The van der Waals surface area contributed by atoms with Crippen molar-refractivity contribution in [3.8, 4) is 0 Å². The smallest absolute Gasteiger partial charge is 0.190 e. The monoisotopic (exact) mass is 469 g/mol. The molecule has 0 heterocycles. The molecule has 144 valence electrons. The summed E-state index contributed by atoms with van der Waals surface area (Å²) in [5.41, 5.74) is 0.749. The molecule has 1 unspecified atom stereocenters. The number of ether oxygens (including phenoxy) is 1. The average molecular weight is 469 g/mol. The van der Waals surface area contributed by atoms with E-state index in [1.54, 1.807) is 13.1 Å². The van der Waals surface area contributed by atoms with Gasteiger partial charge in [-0.05, 0) is 36.0 Å². The van der Waals surface area contributed by atoms with Gasteiger partial charge in [0.2, 0.25) is 0 Å². The Morgan fingerprint density at radius 3 is 2.48 bits per heavy atom. The number of aliphatic imine (C=N–C) groups is 1. The molecule has 1 atom stereocenters. The Labute approximate surface area is 166 Å². The van der Waals surface area contributed by atoms with E-state index in [9.17, 15) is 8.78 Å². The largest absolute Gasteiger partial charge is 0.381 e. The molecule has 0 aliphatic rings. The van der Waals surface area contributed by atoms with E-state index < -0.39 is 11.6 Å². The van der Waals surface area contributed by atoms with Crippen molar-refractivity contribution < 1.29 is 13.5 Å². The molecule has 0 radical (unpaired) electrons. The Balaban J connectivity index is 0.00000576. The number of hydrogen-bond acceptors (Lipinski definition) is 2. The summed E-state index contributed by atoms with van der Waals surface area (Å²) >= 11 is 0. The van der Waals surface area contributed by atoms with Crippen LogP contribution in [-0.2, 0) is 4.74 Å². The Morgan fingerprint density at radius 2 is 1.88 bits per heavy atom. The van der Waals surface area contributed by atoms with Gasteiger partial charge in [-0.3, -0.25) is 4.99 Å². The molecule has 0 fully saturated rings. The lowest BCUT2D eigenvalue weighted by atomic mass is 10.0. The van der Waals surface area contributed by atoms with E-state index in [-0.39, 0.29) is 29.9 Å². The third-order valence-corrected chi connectivity index (χ3v) is 3.52. The number of nitrogens with one attached hydrogen (secondary N) is 2. The van der Waals surface area contributed by atoms with Gasteiger partial charge in [0.1, 0.15) is 0 Å². The first-order valence-electron chi connectivity index (χ1n) is 8.41. The number of halogens is 3. The Morgan fingerprint density at radius 1 is 1.16 bits per heavy atom. The van der Waals surface area contributed by atoms with Crippen LogP contribution >= 0.6 is 24.0 Å². The molecule has 1 aromatic rings. The molecule has 0 saturated carbocycles. The SMILES string of the molecule is CN=C(NCCCOCC(C)C)NCC(C)c1ccc(F)c(F)c1.I. The van der Waals surface area contributed by atoms with Crippen molar-refractivity contribution in [2.45, 2.75) is 33.1 Å². The minimum Gasteiger partial charge on any atom is -0.381 e. The van der Waals surface area contributed by atoms with Crippen LogP contribution in [0.2, 0.25) is 0 Å². The first kappa shape index (κ1) is 24.0. The quantitative estimate of drug-likeness (QED) is 0.250. The maximum atomic E-state index is 13.3. The summed E-state index contributed by atoms with van der Waals surface area (Å²) in [6.45, 7) is 9.03. The van der Waals surface area contributed by atoms with Gasteiger partial charge < -0.3 is 15.4 Å². The molecule has 4 nitrogen and oxygen atoms in total. The molecule has 0 aromatic heterocycles. The van der Waals surface area contributed by atoms with Crippen molar-refractivity contribution in [3.63, 3.8) is 0 Å². The van der Waals surface area contributed by atoms with Crippen LogP contribution in [0.4, 0.5) is 8.78 Å². The van der Waals surface area contributed by atoms with Gasteiger partial charge in [0.15, 0.2) is 17.6 Å². The van der Waals surface area contributed by atoms with Crippen molar-refractivity contribution >= 4 is 29.9 Å². The fourth-order valence-electron chi connectivity index (χ4n) is 2.11. The van der Waals surface area contributed by atoms with Crippen LogP contribution in [0.1, 0.15) is 38.7 Å². The lowest BCUT2D eigenvalue weighted by molar-refractivity contribution is 0.108. The summed E-state index contributed by atoms with van der Waals surface area (Å²) in [7, 11) is 1.70. The fraction of sp³-hybridized carbons (Fsp3) is 0.611. The molecule has 0 aliphatic carbocycles. The van der Waals surface area contributed by atoms with Crippen molar-refractivity contribution in [1.29, 1.82) is 0 Å². The van der Waals surface area contributed by atoms with E-state index in [0.717, 1.165) is 31.2 Å². The standard InChI is InChI=1S/C18H29F2N3O.HI/c1-13(2)12-24-9-5-8-22-18(21-4)23-11-14(3)15-6-7-16(19)17(20)10-15;/h6-7,10,13-14H,5,8-9,11-12H2,1-4H3,(H2,21,22,23);1H. The zero-order valence-electron chi connectivity index (χ0n) is 15.4. The number of benzene rings is 1. The second kappa shape index (κ2) is 13.3. The summed E-state index contributed by atoms with van der Waals surface area (Å²) in [4.78, 5) is 4.15. The van der Waals surface area contributed by atoms with Gasteiger partial charge in [-0.1, -0.05) is 26.8 Å². The number of hydrogen-bond donors (Lipinski definition) is 2. The lowest BCUT2D eigenvalue weighted by Gasteiger charge is -2.16. The second-order valence-corrected chi connectivity index (χ2v) is 6.28. The molecule has 0 bridgehead atoms. The van der Waals surface area contributed by atoms with Gasteiger partial charge in [0.05, 0.1) is 0 Å². The van der Waals surface area contributed by atoms with Crippen LogP contribution in [0.25, 0.3) is 0 Å². The van der Waals surface area contributed by atoms with Crippen molar-refractivity contribution in [3.05, 3.63) is 35.4 Å². The van der Waals surface area contributed by atoms with Crippen molar-refractivity contribution in [2.75, 3.05) is 33.4 Å². The van der Waals surface area contributed by atoms with Crippen molar-refractivity contribution in [1.82, 2.24) is 10.6 Å². The maximum absolute atomic E-state index is 13.3. The van der Waals surface area contributed by atoms with Crippen LogP contribution in [0.5, 0.6) is 0 Å². The van der Waals surface area contributed by atoms with Gasteiger partial charge in [-0.15, -0.1) is 24.0 Å². The van der Waals surface area contributed by atoms with Gasteiger partial charge in [-0.2, -0.15) is 0 Å². The Bertz CT molecular complexity index is 527. The molecule has 0 amide bonds. The van der Waals surface area contributed by atoms with E-state index in [1.165, 1.54) is 6.07 Å². The molecule has 1 aromatic carbocycles. The first-order chi connectivity index (χ1) is 11.4. The normalized spacial score (nSPS) is 12.7. The molecule has 1 rings (SSSR count). The topological polar surface area (TPSA) is 45.7 Å². The highest BCUT2D eigenvalue weighted by molar-refractivity contribution is 14.0. The predicted molar refractivity (Wildman–Crippen MR) is 110 cm³/mol. The van der Waals surface area contributed by atoms with Crippen LogP contribution < -0.4 is 10.6 Å². The van der Waals surface area contributed by atoms with Gasteiger partial charge in [-0.25, -0.2) is 8.78 Å². The highest BCUT2D eigenvalue weighted by Gasteiger charge is 2.10. The summed E-state index contributed by atoms with van der Waals surface area (Å²) in [5, 5.41) is 6.40. The van der Waals surface area contributed by atoms with E-state index >= 15 is 0 Å². The summed E-state index contributed by atoms with van der Waals surface area (Å²) in [5.74, 6) is -0.370. The van der Waals surface area contributed by atoms with Gasteiger partial charge in [0, 0.05) is 33.4 Å². The van der Waals surface area contributed by atoms with Gasteiger partial charge in [0.25, 0.3) is 0 Å². The lowest BCUT2D eigenvalue weighted by Crippen LogP contribution is -2.39. The summed E-state index contributed by atoms with van der Waals surface area (Å²) < 4.78 is 31.8. The predicted octanol–water partition coefficient (Wildman–Crippen LogP) is 3.91. The molecule has 7 heteroatoms. The van der Waals surface area contributed by atoms with Crippen LogP contribution in [-0.4, -0.2) is 39.3 Å². The average Bonchev–Trinajstić information content (AvgIpc) is 2.55. The molecular weight excluding hydrogens is 439 g/mol. The molecule has 0 aliphatic heterocycles. The maximum Gasteiger partial charge on any atom is 0.190 e. The Hall–Kier alpha value is -0.960. The van der Waals surface area contributed by atoms with Crippen LogP contribution in [0.3, 0.4) is 0 Å². The van der Waals surface area contributed by atoms with Crippen LogP contribution in [0.15, 0.2) is 23.2 Å². The molecule has 0 saturated heterocycles. The number of rotatable bonds is 9. The highest BCUT2D eigenvalue weighted by Crippen LogP contribution is 2.17. The van der Waals surface area contributed by atoms with Crippen LogP contribution in [0, 0.1) is 17.6 Å². The van der Waals surface area contributed by atoms with E-state index in [4.69, 9.17) is 4.74 Å². The van der Waals surface area contributed by atoms with Crippen molar-refractivity contribution in [2.24, 2.45) is 10.9 Å². The van der Waals surface area contributed by atoms with E-state index in [1.807, 2.05) is 6.92 Å². The zero-order chi connectivity index (χ0) is 17.9. The van der Waals surface area contributed by atoms with E-state index in [0.29, 0.717) is 25.0 Å². The zero-order valence-corrected chi connectivity index (χ0v) is 17.8. The first-order valence-corrected chi connectivity index (χ1v) is 8.41. The highest BCUT2D eigenvalue weighted by atomic mass is 127. The minimum absolute atomic E-state index is 0. The summed E-state index contributed by atoms with van der Waals surface area (Å²) in [6, 6.07) is 4.00. The van der Waals surface area contributed by atoms with E-state index in [2.05, 4.69) is 29.5 Å². The van der Waals surface area contributed by atoms with Gasteiger partial charge >= 0.3 is 0 Å². The molecule has 0 spiro atoms. The molecular formula is C18H30F2IN3O. The number of guanidine groups is 1. The fourth-order valence-corrected chi connectivity index (χ4v) is 2.11. The third-order valence-electron chi connectivity index (χ3n) is 3.52. The number of nitrogens with zero attached hydrogens (tertiary/aromatic N) is 1. The minimum atomic E-state index is -0.823. The Kier molecular flexibility index (Phi) is 12.8.